The van der Waals surface area contributed by atoms with Crippen LogP contribution in [0.2, 0.25) is 0 Å². The first-order valence-electron chi connectivity index (χ1n) is 6.50. The fraction of sp³-hybridized carbons (Fsp3) is 0.917. The number of rotatable bonds is 4. The normalized spacial score (nSPS) is 27.4. The molecule has 2 fully saturated rings. The molecule has 0 aromatic heterocycles. The van der Waals surface area contributed by atoms with Gasteiger partial charge in [-0.25, -0.2) is 0 Å². The lowest BCUT2D eigenvalue weighted by molar-refractivity contribution is -0.124. The van der Waals surface area contributed by atoms with Gasteiger partial charge in [0.25, 0.3) is 0 Å². The van der Waals surface area contributed by atoms with Crippen LogP contribution in [-0.2, 0) is 4.79 Å². The molecule has 0 aromatic carbocycles. The highest BCUT2D eigenvalue weighted by molar-refractivity contribution is 5.85. The summed E-state index contributed by atoms with van der Waals surface area (Å²) in [5, 5.41) is 6.33. The van der Waals surface area contributed by atoms with E-state index in [-0.39, 0.29) is 36.6 Å². The van der Waals surface area contributed by atoms with Crippen LogP contribution in [0.1, 0.15) is 19.8 Å². The second-order valence-electron chi connectivity index (χ2n) is 4.98. The highest BCUT2D eigenvalue weighted by atomic mass is 35.5. The van der Waals surface area contributed by atoms with Crippen LogP contribution < -0.4 is 10.6 Å². The minimum Gasteiger partial charge on any atom is -0.355 e. The van der Waals surface area contributed by atoms with Gasteiger partial charge in [0.2, 0.25) is 5.91 Å². The third-order valence-corrected chi connectivity index (χ3v) is 3.81. The van der Waals surface area contributed by atoms with Crippen molar-refractivity contribution >= 4 is 30.7 Å². The molecule has 18 heavy (non-hydrogen) atoms. The summed E-state index contributed by atoms with van der Waals surface area (Å²) in [6, 6.07) is 0. The summed E-state index contributed by atoms with van der Waals surface area (Å²) in [6.45, 7) is 8.40. The monoisotopic (exact) mass is 297 g/mol. The third-order valence-electron chi connectivity index (χ3n) is 3.81. The zero-order valence-corrected chi connectivity index (χ0v) is 12.6. The van der Waals surface area contributed by atoms with Gasteiger partial charge in [0.05, 0.1) is 5.92 Å². The number of nitrogens with zero attached hydrogens (tertiary/aromatic N) is 1. The molecule has 2 aliphatic rings. The summed E-state index contributed by atoms with van der Waals surface area (Å²) in [6.07, 6.45) is 2.23. The Bertz CT molecular complexity index is 247. The van der Waals surface area contributed by atoms with E-state index in [1.807, 2.05) is 0 Å². The molecule has 2 heterocycles. The maximum atomic E-state index is 11.8. The average Bonchev–Trinajstić information content (AvgIpc) is 2.96. The first kappa shape index (κ1) is 18.0. The number of amides is 1. The fourth-order valence-electron chi connectivity index (χ4n) is 2.63. The fourth-order valence-corrected chi connectivity index (χ4v) is 2.63. The van der Waals surface area contributed by atoms with E-state index in [0.29, 0.717) is 5.92 Å². The van der Waals surface area contributed by atoms with Crippen LogP contribution in [-0.4, -0.2) is 50.1 Å². The smallest absolute Gasteiger partial charge is 0.224 e. The number of nitrogens with one attached hydrogen (secondary N) is 2. The molecular formula is C12H25Cl2N3O. The number of halogens is 2. The topological polar surface area (TPSA) is 44.4 Å². The van der Waals surface area contributed by atoms with Crippen molar-refractivity contribution in [1.29, 1.82) is 0 Å². The summed E-state index contributed by atoms with van der Waals surface area (Å²) in [5.74, 6) is 1.13. The highest BCUT2D eigenvalue weighted by Gasteiger charge is 2.25. The van der Waals surface area contributed by atoms with Gasteiger partial charge in [-0.3, -0.25) is 4.79 Å². The Morgan fingerprint density at radius 2 is 2.17 bits per heavy atom. The molecule has 2 N–H and O–H groups in total. The molecule has 0 spiro atoms. The van der Waals surface area contributed by atoms with Gasteiger partial charge in [-0.1, -0.05) is 6.92 Å². The predicted molar refractivity (Wildman–Crippen MR) is 78.7 cm³/mol. The number of carbonyl (C=O) groups excluding carboxylic acids is 1. The molecule has 1 amide bonds. The first-order valence-corrected chi connectivity index (χ1v) is 6.50. The molecule has 108 valence electrons. The van der Waals surface area contributed by atoms with Crippen LogP contribution >= 0.6 is 24.8 Å². The summed E-state index contributed by atoms with van der Waals surface area (Å²) in [4.78, 5) is 14.2. The van der Waals surface area contributed by atoms with Crippen molar-refractivity contribution in [3.05, 3.63) is 0 Å². The Labute approximate surface area is 122 Å². The van der Waals surface area contributed by atoms with E-state index < -0.39 is 0 Å². The maximum absolute atomic E-state index is 11.8. The van der Waals surface area contributed by atoms with Gasteiger partial charge in [0.15, 0.2) is 0 Å². The Morgan fingerprint density at radius 1 is 1.39 bits per heavy atom. The largest absolute Gasteiger partial charge is 0.355 e. The zero-order valence-electron chi connectivity index (χ0n) is 11.0. The standard InChI is InChI=1S/C12H23N3O.2ClH/c1-2-15-6-4-10(9-15)7-14-12(16)11-3-5-13-8-11;;/h10-11,13H,2-9H2,1H3,(H,14,16);2*1H. The SMILES string of the molecule is CCN1CCC(CNC(=O)C2CCNC2)C1.Cl.Cl. The second kappa shape index (κ2) is 8.97. The van der Waals surface area contributed by atoms with Crippen LogP contribution in [0.25, 0.3) is 0 Å². The minimum atomic E-state index is 0. The van der Waals surface area contributed by atoms with Gasteiger partial charge in [-0.15, -0.1) is 24.8 Å². The Kier molecular flexibility index (Phi) is 8.95. The third kappa shape index (κ3) is 4.92. The Hall–Kier alpha value is -0.0300. The van der Waals surface area contributed by atoms with Gasteiger partial charge in [-0.2, -0.15) is 0 Å². The Morgan fingerprint density at radius 3 is 2.72 bits per heavy atom. The molecule has 2 rings (SSSR count). The molecule has 0 aromatic rings. The van der Waals surface area contributed by atoms with Crippen LogP contribution in [0.15, 0.2) is 0 Å². The molecular weight excluding hydrogens is 273 g/mol. The lowest BCUT2D eigenvalue weighted by atomic mass is 10.1. The number of carbonyl (C=O) groups is 1. The van der Waals surface area contributed by atoms with Crippen molar-refractivity contribution in [2.45, 2.75) is 19.8 Å². The van der Waals surface area contributed by atoms with Crippen LogP contribution in [0.5, 0.6) is 0 Å². The second-order valence-corrected chi connectivity index (χ2v) is 4.98. The van der Waals surface area contributed by atoms with Gasteiger partial charge in [0, 0.05) is 19.6 Å². The summed E-state index contributed by atoms with van der Waals surface area (Å²) < 4.78 is 0. The van der Waals surface area contributed by atoms with Crippen molar-refractivity contribution in [3.8, 4) is 0 Å². The highest BCUT2D eigenvalue weighted by Crippen LogP contribution is 2.15. The molecule has 2 unspecified atom stereocenters. The van der Waals surface area contributed by atoms with E-state index in [0.717, 1.165) is 39.1 Å². The number of hydrogen-bond donors (Lipinski definition) is 2. The van der Waals surface area contributed by atoms with Gasteiger partial charge >= 0.3 is 0 Å². The van der Waals surface area contributed by atoms with Crippen LogP contribution in [0.4, 0.5) is 0 Å². The minimum absolute atomic E-state index is 0. The van der Waals surface area contributed by atoms with Gasteiger partial charge in [-0.05, 0) is 38.4 Å². The van der Waals surface area contributed by atoms with Crippen LogP contribution in [0.3, 0.4) is 0 Å². The van der Waals surface area contributed by atoms with E-state index >= 15 is 0 Å². The zero-order chi connectivity index (χ0) is 11.4. The van der Waals surface area contributed by atoms with Crippen molar-refractivity contribution < 1.29 is 4.79 Å². The number of likely N-dealkylation sites (tertiary alicyclic amines) is 1. The van der Waals surface area contributed by atoms with Crippen molar-refractivity contribution in [3.63, 3.8) is 0 Å². The van der Waals surface area contributed by atoms with Crippen molar-refractivity contribution in [2.24, 2.45) is 11.8 Å². The van der Waals surface area contributed by atoms with E-state index in [2.05, 4.69) is 22.5 Å². The van der Waals surface area contributed by atoms with E-state index in [1.165, 1.54) is 13.0 Å². The Balaban J connectivity index is 0.00000144. The summed E-state index contributed by atoms with van der Waals surface area (Å²) >= 11 is 0. The lowest BCUT2D eigenvalue weighted by Gasteiger charge is -2.15. The van der Waals surface area contributed by atoms with Gasteiger partial charge in [0.1, 0.15) is 0 Å². The van der Waals surface area contributed by atoms with Crippen molar-refractivity contribution in [1.82, 2.24) is 15.5 Å². The average molecular weight is 298 g/mol. The molecule has 0 aliphatic carbocycles. The predicted octanol–water partition coefficient (Wildman–Crippen LogP) is 0.897. The first-order chi connectivity index (χ1) is 7.79. The van der Waals surface area contributed by atoms with E-state index in [4.69, 9.17) is 0 Å². The maximum Gasteiger partial charge on any atom is 0.224 e. The number of hydrogen-bond acceptors (Lipinski definition) is 3. The van der Waals surface area contributed by atoms with E-state index in [9.17, 15) is 4.79 Å². The molecule has 4 nitrogen and oxygen atoms in total. The summed E-state index contributed by atoms with van der Waals surface area (Å²) in [7, 11) is 0. The molecule has 0 radical (unpaired) electrons. The summed E-state index contributed by atoms with van der Waals surface area (Å²) in [5.41, 5.74) is 0. The lowest BCUT2D eigenvalue weighted by Crippen LogP contribution is -2.36. The molecule has 0 bridgehead atoms. The molecule has 2 saturated heterocycles. The van der Waals surface area contributed by atoms with E-state index in [1.54, 1.807) is 0 Å². The van der Waals surface area contributed by atoms with Crippen molar-refractivity contribution in [2.75, 3.05) is 39.3 Å². The van der Waals surface area contributed by atoms with Crippen LogP contribution in [0, 0.1) is 11.8 Å². The van der Waals surface area contributed by atoms with Gasteiger partial charge < -0.3 is 15.5 Å². The quantitative estimate of drug-likeness (QED) is 0.810. The molecule has 2 atom stereocenters. The molecule has 6 heteroatoms. The molecule has 2 aliphatic heterocycles. The molecule has 0 saturated carbocycles.